The second-order valence-electron chi connectivity index (χ2n) is 7.05. The van der Waals surface area contributed by atoms with Crippen molar-refractivity contribution in [3.05, 3.63) is 93.8 Å². The average molecular weight is 479 g/mol. The Morgan fingerprint density at radius 3 is 2.64 bits per heavy atom. The fraction of sp³-hybridized carbons (Fsp3) is 0.0800. The van der Waals surface area contributed by atoms with E-state index in [-0.39, 0.29) is 11.0 Å². The van der Waals surface area contributed by atoms with Gasteiger partial charge in [-0.2, -0.15) is 0 Å². The zero-order chi connectivity index (χ0) is 23.4. The van der Waals surface area contributed by atoms with E-state index in [1.807, 2.05) is 19.1 Å². The van der Waals surface area contributed by atoms with Gasteiger partial charge >= 0.3 is 5.63 Å². The number of anilines is 1. The van der Waals surface area contributed by atoms with Crippen molar-refractivity contribution < 1.29 is 13.9 Å². The highest BCUT2D eigenvalue weighted by atomic mass is 35.5. The van der Waals surface area contributed by atoms with Crippen LogP contribution in [0.2, 0.25) is 5.02 Å². The number of thiocarbonyl (C=S) groups is 1. The third-order valence-corrected chi connectivity index (χ3v) is 5.31. The lowest BCUT2D eigenvalue weighted by atomic mass is 10.1. The quantitative estimate of drug-likeness (QED) is 0.285. The van der Waals surface area contributed by atoms with Gasteiger partial charge in [0.1, 0.15) is 11.3 Å². The first kappa shape index (κ1) is 22.5. The van der Waals surface area contributed by atoms with E-state index < -0.39 is 5.63 Å². The van der Waals surface area contributed by atoms with Crippen LogP contribution in [-0.2, 0) is 0 Å². The summed E-state index contributed by atoms with van der Waals surface area (Å²) in [6.45, 7) is 2.37. The van der Waals surface area contributed by atoms with Crippen molar-refractivity contribution in [2.45, 2.75) is 6.92 Å². The Balaban J connectivity index is 1.49. The maximum Gasteiger partial charge on any atom is 0.344 e. The van der Waals surface area contributed by atoms with Crippen LogP contribution in [0, 0.1) is 0 Å². The monoisotopic (exact) mass is 478 g/mol. The van der Waals surface area contributed by atoms with Crippen LogP contribution < -0.4 is 21.0 Å². The molecule has 4 rings (SSSR count). The van der Waals surface area contributed by atoms with Crippen LogP contribution >= 0.6 is 23.8 Å². The third-order valence-electron chi connectivity index (χ3n) is 4.79. The molecule has 0 aliphatic carbocycles. The molecule has 1 amide bonds. The van der Waals surface area contributed by atoms with Gasteiger partial charge in [0.15, 0.2) is 5.11 Å². The molecule has 0 fully saturated rings. The minimum Gasteiger partial charge on any atom is -0.494 e. The molecule has 1 heterocycles. The molecule has 0 unspecified atom stereocenters. The molecular formula is C25H19ClN2O4S. The Hall–Kier alpha value is -3.68. The highest BCUT2D eigenvalue weighted by Gasteiger charge is 2.13. The summed E-state index contributed by atoms with van der Waals surface area (Å²) in [5, 5.41) is 6.79. The average Bonchev–Trinajstić information content (AvgIpc) is 2.79. The Kier molecular flexibility index (Phi) is 6.72. The van der Waals surface area contributed by atoms with Crippen LogP contribution in [0.3, 0.4) is 0 Å². The summed E-state index contributed by atoms with van der Waals surface area (Å²) in [5.74, 6) is 0.232. The first-order valence-corrected chi connectivity index (χ1v) is 10.9. The van der Waals surface area contributed by atoms with Crippen LogP contribution in [-0.4, -0.2) is 17.6 Å². The van der Waals surface area contributed by atoms with Crippen LogP contribution in [0.4, 0.5) is 5.69 Å². The van der Waals surface area contributed by atoms with Crippen molar-refractivity contribution >= 4 is 51.5 Å². The zero-order valence-electron chi connectivity index (χ0n) is 17.6. The third kappa shape index (κ3) is 5.22. The number of amides is 1. The van der Waals surface area contributed by atoms with Crippen molar-refractivity contribution in [1.82, 2.24) is 5.32 Å². The second kappa shape index (κ2) is 9.85. The number of carbonyl (C=O) groups excluding carboxylic acids is 1. The molecule has 0 saturated heterocycles. The lowest BCUT2D eigenvalue weighted by Crippen LogP contribution is -2.34. The van der Waals surface area contributed by atoms with Gasteiger partial charge in [-0.15, -0.1) is 0 Å². The smallest absolute Gasteiger partial charge is 0.344 e. The van der Waals surface area contributed by atoms with E-state index in [9.17, 15) is 9.59 Å². The molecule has 0 bridgehead atoms. The Labute approximate surface area is 200 Å². The number of hydrogen-bond acceptors (Lipinski definition) is 5. The van der Waals surface area contributed by atoms with E-state index in [0.717, 1.165) is 5.39 Å². The standard InChI is InChI=1S/C25H19ClN2O4S/c1-2-31-18-8-5-7-16(12-18)23(29)28-25(33)27-17-10-11-19(21(26)14-17)20-13-15-6-3-4-9-22(15)32-24(20)30/h3-14H,2H2,1H3,(H2,27,28,29,33). The van der Waals surface area contributed by atoms with Crippen molar-refractivity contribution in [3.63, 3.8) is 0 Å². The summed E-state index contributed by atoms with van der Waals surface area (Å²) < 4.78 is 10.8. The first-order chi connectivity index (χ1) is 15.9. The topological polar surface area (TPSA) is 80.6 Å². The second-order valence-corrected chi connectivity index (χ2v) is 7.86. The van der Waals surface area contributed by atoms with Gasteiger partial charge < -0.3 is 14.5 Å². The van der Waals surface area contributed by atoms with Crippen molar-refractivity contribution in [3.8, 4) is 16.9 Å². The molecule has 8 heteroatoms. The van der Waals surface area contributed by atoms with E-state index in [1.165, 1.54) is 0 Å². The molecular weight excluding hydrogens is 460 g/mol. The van der Waals surface area contributed by atoms with Gasteiger partial charge in [0, 0.05) is 22.2 Å². The number of carbonyl (C=O) groups is 1. The zero-order valence-corrected chi connectivity index (χ0v) is 19.1. The lowest BCUT2D eigenvalue weighted by Gasteiger charge is -2.12. The van der Waals surface area contributed by atoms with Crippen LogP contribution in [0.15, 0.2) is 82.0 Å². The van der Waals surface area contributed by atoms with E-state index in [1.54, 1.807) is 60.7 Å². The van der Waals surface area contributed by atoms with E-state index in [2.05, 4.69) is 10.6 Å². The largest absolute Gasteiger partial charge is 0.494 e. The number of rotatable bonds is 5. The SMILES string of the molecule is CCOc1cccc(C(=O)NC(=S)Nc2ccc(-c3cc4ccccc4oc3=O)c(Cl)c2)c1. The predicted octanol–water partition coefficient (Wildman–Crippen LogP) is 5.64. The fourth-order valence-corrected chi connectivity index (χ4v) is 3.79. The molecule has 0 atom stereocenters. The van der Waals surface area contributed by atoms with Gasteiger partial charge in [-0.05, 0) is 61.6 Å². The highest BCUT2D eigenvalue weighted by molar-refractivity contribution is 7.80. The summed E-state index contributed by atoms with van der Waals surface area (Å²) in [6, 6.07) is 20.9. The molecule has 0 spiro atoms. The van der Waals surface area contributed by atoms with Gasteiger partial charge in [0.2, 0.25) is 0 Å². The summed E-state index contributed by atoms with van der Waals surface area (Å²) in [7, 11) is 0. The Bertz CT molecular complexity index is 1420. The molecule has 4 aromatic rings. The van der Waals surface area contributed by atoms with E-state index >= 15 is 0 Å². The predicted molar refractivity (Wildman–Crippen MR) is 134 cm³/mol. The summed E-state index contributed by atoms with van der Waals surface area (Å²) in [4.78, 5) is 24.9. The maximum absolute atomic E-state index is 12.5. The number of para-hydroxylation sites is 1. The lowest BCUT2D eigenvalue weighted by molar-refractivity contribution is 0.0977. The maximum atomic E-state index is 12.5. The summed E-state index contributed by atoms with van der Waals surface area (Å²) >= 11 is 11.7. The number of ether oxygens (including phenoxy) is 1. The minimum absolute atomic E-state index is 0.107. The molecule has 0 radical (unpaired) electrons. The minimum atomic E-state index is -0.478. The van der Waals surface area contributed by atoms with Crippen molar-refractivity contribution in [2.24, 2.45) is 0 Å². The van der Waals surface area contributed by atoms with Crippen molar-refractivity contribution in [2.75, 3.05) is 11.9 Å². The van der Waals surface area contributed by atoms with E-state index in [4.69, 9.17) is 33.0 Å². The Morgan fingerprint density at radius 2 is 1.85 bits per heavy atom. The van der Waals surface area contributed by atoms with Gasteiger partial charge in [0.25, 0.3) is 5.91 Å². The first-order valence-electron chi connectivity index (χ1n) is 10.1. The number of nitrogens with one attached hydrogen (secondary N) is 2. The summed E-state index contributed by atoms with van der Waals surface area (Å²) in [5.41, 5.74) is 1.89. The number of halogens is 1. The molecule has 0 saturated carbocycles. The Morgan fingerprint density at radius 1 is 1.03 bits per heavy atom. The molecule has 1 aromatic heterocycles. The van der Waals surface area contributed by atoms with Crippen LogP contribution in [0.25, 0.3) is 22.1 Å². The normalized spacial score (nSPS) is 10.6. The number of hydrogen-bond donors (Lipinski definition) is 2. The van der Waals surface area contributed by atoms with Gasteiger partial charge in [-0.25, -0.2) is 4.79 Å². The number of fused-ring (bicyclic) bond motifs is 1. The van der Waals surface area contributed by atoms with Gasteiger partial charge in [0.05, 0.1) is 17.2 Å². The molecule has 0 aliphatic heterocycles. The molecule has 3 aromatic carbocycles. The molecule has 33 heavy (non-hydrogen) atoms. The van der Waals surface area contributed by atoms with E-state index in [0.29, 0.717) is 45.3 Å². The highest BCUT2D eigenvalue weighted by Crippen LogP contribution is 2.30. The van der Waals surface area contributed by atoms with Crippen LogP contribution in [0.1, 0.15) is 17.3 Å². The van der Waals surface area contributed by atoms with Crippen molar-refractivity contribution in [1.29, 1.82) is 0 Å². The fourth-order valence-electron chi connectivity index (χ4n) is 3.29. The molecule has 2 N–H and O–H groups in total. The summed E-state index contributed by atoms with van der Waals surface area (Å²) in [6.07, 6.45) is 0. The van der Waals surface area contributed by atoms with Gasteiger partial charge in [-0.1, -0.05) is 41.9 Å². The number of benzene rings is 3. The molecule has 166 valence electrons. The molecule has 0 aliphatic rings. The van der Waals surface area contributed by atoms with Crippen LogP contribution in [0.5, 0.6) is 5.75 Å². The van der Waals surface area contributed by atoms with Gasteiger partial charge in [-0.3, -0.25) is 10.1 Å². The molecule has 6 nitrogen and oxygen atoms in total.